The molecule has 0 saturated carbocycles. The average Bonchev–Trinajstić information content (AvgIpc) is 2.59. The molecule has 30 heavy (non-hydrogen) atoms. The van der Waals surface area contributed by atoms with Crippen LogP contribution in [0.2, 0.25) is 0 Å². The summed E-state index contributed by atoms with van der Waals surface area (Å²) in [5.74, 6) is 0.686. The number of halogens is 1. The maximum Gasteiger partial charge on any atom is 0.407 e. The highest BCUT2D eigenvalue weighted by Gasteiger charge is 2.15. The van der Waals surface area contributed by atoms with Crippen molar-refractivity contribution in [3.63, 3.8) is 0 Å². The fraction of sp³-hybridized carbons (Fsp3) is 0.579. The molecule has 9 nitrogen and oxygen atoms in total. The summed E-state index contributed by atoms with van der Waals surface area (Å²) in [6, 6.07) is 6.49. The number of amides is 1. The van der Waals surface area contributed by atoms with Crippen molar-refractivity contribution in [2.75, 3.05) is 26.2 Å². The van der Waals surface area contributed by atoms with Crippen LogP contribution in [0.4, 0.5) is 4.79 Å². The van der Waals surface area contributed by atoms with Gasteiger partial charge in [-0.1, -0.05) is 12.1 Å². The van der Waals surface area contributed by atoms with Crippen LogP contribution in [0.3, 0.4) is 0 Å². The minimum atomic E-state index is -3.67. The molecule has 0 heterocycles. The first-order chi connectivity index (χ1) is 13.5. The number of guanidine groups is 1. The number of aliphatic imine (C=N–C) groups is 1. The van der Waals surface area contributed by atoms with E-state index >= 15 is 0 Å². The van der Waals surface area contributed by atoms with Gasteiger partial charge in [0.2, 0.25) is 10.0 Å². The molecule has 0 saturated heterocycles. The maximum atomic E-state index is 11.6. The van der Waals surface area contributed by atoms with Crippen LogP contribution in [0.25, 0.3) is 0 Å². The topological polar surface area (TPSA) is 135 Å². The summed E-state index contributed by atoms with van der Waals surface area (Å²) < 4.78 is 27.7. The number of carbonyl (C=O) groups excluding carboxylic acids is 1. The second kappa shape index (κ2) is 13.7. The summed E-state index contributed by atoms with van der Waals surface area (Å²) >= 11 is 0. The molecule has 11 heteroatoms. The molecule has 0 spiro atoms. The van der Waals surface area contributed by atoms with Crippen molar-refractivity contribution in [3.8, 4) is 0 Å². The number of hydrogen-bond donors (Lipinski definition) is 4. The van der Waals surface area contributed by atoms with E-state index in [-0.39, 0.29) is 28.9 Å². The fourth-order valence-electron chi connectivity index (χ4n) is 2.29. The molecule has 0 radical (unpaired) electrons. The van der Waals surface area contributed by atoms with Crippen LogP contribution in [0, 0.1) is 0 Å². The lowest BCUT2D eigenvalue weighted by Crippen LogP contribution is -2.38. The normalized spacial score (nSPS) is 12.0. The predicted octanol–water partition coefficient (Wildman–Crippen LogP) is 1.96. The molecule has 1 aromatic carbocycles. The molecule has 0 aromatic heterocycles. The number of nitrogens with one attached hydrogen (secondary N) is 3. The van der Waals surface area contributed by atoms with Gasteiger partial charge in [0.25, 0.3) is 0 Å². The van der Waals surface area contributed by atoms with Gasteiger partial charge in [0.05, 0.1) is 4.90 Å². The van der Waals surface area contributed by atoms with E-state index in [1.807, 2.05) is 27.7 Å². The molecule has 0 fully saturated rings. The van der Waals surface area contributed by atoms with Gasteiger partial charge in [-0.05, 0) is 58.2 Å². The van der Waals surface area contributed by atoms with Crippen molar-refractivity contribution in [2.45, 2.75) is 51.0 Å². The molecule has 1 amide bonds. The lowest BCUT2D eigenvalue weighted by atomic mass is 10.1. The fourth-order valence-corrected chi connectivity index (χ4v) is 2.80. The number of nitrogens with two attached hydrogens (primary N) is 1. The SMILES string of the molecule is CCNC(=NCCCNC(=O)OC(C)(C)C)NCCc1ccc(S(N)(=O)=O)cc1.I. The summed E-state index contributed by atoms with van der Waals surface area (Å²) in [5.41, 5.74) is 0.478. The second-order valence-corrected chi connectivity index (χ2v) is 8.97. The Bertz CT molecular complexity index is 777. The zero-order valence-corrected chi connectivity index (χ0v) is 21.2. The molecular weight excluding hydrogens is 521 g/mol. The molecule has 0 aliphatic rings. The van der Waals surface area contributed by atoms with Gasteiger partial charge in [-0.2, -0.15) is 0 Å². The Hall–Kier alpha value is -1.60. The highest BCUT2D eigenvalue weighted by atomic mass is 127. The molecule has 1 rings (SSSR count). The summed E-state index contributed by atoms with van der Waals surface area (Å²) in [7, 11) is -3.67. The number of alkyl carbamates (subject to hydrolysis) is 1. The highest BCUT2D eigenvalue weighted by molar-refractivity contribution is 14.0. The van der Waals surface area contributed by atoms with Crippen molar-refractivity contribution in [1.82, 2.24) is 16.0 Å². The Balaban J connectivity index is 0.00000841. The Kier molecular flexibility index (Phi) is 12.9. The molecule has 0 unspecified atom stereocenters. The van der Waals surface area contributed by atoms with Crippen molar-refractivity contribution in [2.24, 2.45) is 10.1 Å². The molecular formula is C19H34IN5O4S. The van der Waals surface area contributed by atoms with Gasteiger partial charge < -0.3 is 20.7 Å². The van der Waals surface area contributed by atoms with E-state index in [9.17, 15) is 13.2 Å². The van der Waals surface area contributed by atoms with E-state index in [0.29, 0.717) is 38.4 Å². The smallest absolute Gasteiger partial charge is 0.407 e. The molecule has 0 atom stereocenters. The Morgan fingerprint density at radius 3 is 2.27 bits per heavy atom. The quantitative estimate of drug-likeness (QED) is 0.159. The van der Waals surface area contributed by atoms with Crippen molar-refractivity contribution in [1.29, 1.82) is 0 Å². The third-order valence-electron chi connectivity index (χ3n) is 3.58. The predicted molar refractivity (Wildman–Crippen MR) is 130 cm³/mol. The van der Waals surface area contributed by atoms with E-state index in [2.05, 4.69) is 20.9 Å². The summed E-state index contributed by atoms with van der Waals surface area (Å²) in [5, 5.41) is 14.2. The third kappa shape index (κ3) is 12.9. The Morgan fingerprint density at radius 2 is 1.73 bits per heavy atom. The first-order valence-corrected chi connectivity index (χ1v) is 11.2. The monoisotopic (exact) mass is 555 g/mol. The van der Waals surface area contributed by atoms with Crippen LogP contribution in [0.1, 0.15) is 39.7 Å². The number of benzene rings is 1. The van der Waals surface area contributed by atoms with E-state index in [0.717, 1.165) is 12.1 Å². The van der Waals surface area contributed by atoms with Gasteiger partial charge in [0, 0.05) is 26.2 Å². The lowest BCUT2D eigenvalue weighted by molar-refractivity contribution is 0.0527. The van der Waals surface area contributed by atoms with Crippen LogP contribution < -0.4 is 21.1 Å². The van der Waals surface area contributed by atoms with Gasteiger partial charge in [-0.25, -0.2) is 18.4 Å². The van der Waals surface area contributed by atoms with Gasteiger partial charge in [-0.15, -0.1) is 24.0 Å². The third-order valence-corrected chi connectivity index (χ3v) is 4.50. The van der Waals surface area contributed by atoms with Crippen molar-refractivity contribution in [3.05, 3.63) is 29.8 Å². The summed E-state index contributed by atoms with van der Waals surface area (Å²) in [6.07, 6.45) is 0.959. The van der Waals surface area contributed by atoms with E-state index in [1.54, 1.807) is 12.1 Å². The van der Waals surface area contributed by atoms with Crippen LogP contribution in [0.15, 0.2) is 34.2 Å². The van der Waals surface area contributed by atoms with Crippen LogP contribution in [-0.2, 0) is 21.2 Å². The van der Waals surface area contributed by atoms with Crippen molar-refractivity contribution < 1.29 is 17.9 Å². The highest BCUT2D eigenvalue weighted by Crippen LogP contribution is 2.09. The van der Waals surface area contributed by atoms with Crippen LogP contribution >= 0.6 is 24.0 Å². The number of carbonyl (C=O) groups is 1. The number of ether oxygens (including phenoxy) is 1. The summed E-state index contributed by atoms with van der Waals surface area (Å²) in [6.45, 7) is 9.83. The largest absolute Gasteiger partial charge is 0.444 e. The molecule has 1 aromatic rings. The Labute approximate surface area is 196 Å². The Morgan fingerprint density at radius 1 is 1.10 bits per heavy atom. The summed E-state index contributed by atoms with van der Waals surface area (Å²) in [4.78, 5) is 16.1. The number of primary sulfonamides is 1. The van der Waals surface area contributed by atoms with Gasteiger partial charge in [-0.3, -0.25) is 4.99 Å². The first kappa shape index (κ1) is 28.4. The van der Waals surface area contributed by atoms with Gasteiger partial charge in [0.15, 0.2) is 5.96 Å². The lowest BCUT2D eigenvalue weighted by Gasteiger charge is -2.19. The first-order valence-electron chi connectivity index (χ1n) is 9.62. The minimum Gasteiger partial charge on any atom is -0.444 e. The van der Waals surface area contributed by atoms with Crippen molar-refractivity contribution >= 4 is 46.1 Å². The minimum absolute atomic E-state index is 0. The number of hydrogen-bond acceptors (Lipinski definition) is 5. The standard InChI is InChI=1S/C19H33N5O4S.HI/c1-5-21-17(22-12-6-13-24-18(25)28-19(2,3)4)23-14-11-15-7-9-16(10-8-15)29(20,26)27;/h7-10H,5-6,11-14H2,1-4H3,(H,24,25)(H2,20,26,27)(H2,21,22,23);1H. The molecule has 0 aliphatic carbocycles. The zero-order chi connectivity index (χ0) is 21.9. The zero-order valence-electron chi connectivity index (χ0n) is 18.0. The van der Waals surface area contributed by atoms with E-state index in [4.69, 9.17) is 9.88 Å². The average molecular weight is 555 g/mol. The number of sulfonamides is 1. The van der Waals surface area contributed by atoms with Crippen LogP contribution in [0.5, 0.6) is 0 Å². The number of rotatable bonds is 9. The maximum absolute atomic E-state index is 11.6. The van der Waals surface area contributed by atoms with E-state index in [1.165, 1.54) is 12.1 Å². The molecule has 5 N–H and O–H groups in total. The molecule has 0 bridgehead atoms. The van der Waals surface area contributed by atoms with Crippen LogP contribution in [-0.4, -0.2) is 52.3 Å². The molecule has 172 valence electrons. The van der Waals surface area contributed by atoms with E-state index < -0.39 is 21.7 Å². The second-order valence-electron chi connectivity index (χ2n) is 7.41. The van der Waals surface area contributed by atoms with Gasteiger partial charge >= 0.3 is 6.09 Å². The van der Waals surface area contributed by atoms with Gasteiger partial charge in [0.1, 0.15) is 5.60 Å². The molecule has 0 aliphatic heterocycles. The number of nitrogens with zero attached hydrogens (tertiary/aromatic N) is 1.